The largest absolute Gasteiger partial charge is 0.292 e. The minimum absolute atomic E-state index is 0.375. The number of aromatic nitrogens is 3. The third-order valence-electron chi connectivity index (χ3n) is 12.3. The van der Waals surface area contributed by atoms with E-state index in [-0.39, 0.29) is 5.41 Å². The van der Waals surface area contributed by atoms with Crippen LogP contribution in [0.4, 0.5) is 0 Å². The van der Waals surface area contributed by atoms with E-state index >= 15 is 0 Å². The lowest BCUT2D eigenvalue weighted by Gasteiger charge is -2.30. The fraction of sp³-hybridized carbons (Fsp3) is 0.0182. The van der Waals surface area contributed by atoms with Gasteiger partial charge >= 0.3 is 0 Å². The van der Waals surface area contributed by atoms with Crippen molar-refractivity contribution in [1.29, 1.82) is 0 Å². The Morgan fingerprint density at radius 2 is 0.862 bits per heavy atom. The highest BCUT2D eigenvalue weighted by Crippen LogP contribution is 2.63. The van der Waals surface area contributed by atoms with E-state index in [1.54, 1.807) is 0 Å². The van der Waals surface area contributed by atoms with Crippen molar-refractivity contribution in [1.82, 2.24) is 14.5 Å². The minimum atomic E-state index is -0.375. The molecule has 0 atom stereocenters. The standard InChI is InChI=1S/C55H35N3/c1-3-15-37(16-4-1)50-34-33-45(53(56-50)38-17-5-2-6-18-38)54-57-51-25-13-14-26-52(51)58(54)40-30-27-36(28-31-40)39-29-32-44-43-21-9-12-24-48(43)55(49(44)35-39)46-22-10-7-19-41(46)42-20-8-11-23-47(42)55/h1-35H. The van der Waals surface area contributed by atoms with Crippen LogP contribution < -0.4 is 0 Å². The van der Waals surface area contributed by atoms with E-state index in [0.29, 0.717) is 0 Å². The number of fused-ring (bicyclic) bond motifs is 11. The summed E-state index contributed by atoms with van der Waals surface area (Å²) in [6, 6.07) is 76.6. The number of benzene rings is 8. The summed E-state index contributed by atoms with van der Waals surface area (Å²) in [5, 5.41) is 0. The fourth-order valence-electron chi connectivity index (χ4n) is 9.77. The van der Waals surface area contributed by atoms with Gasteiger partial charge < -0.3 is 0 Å². The Morgan fingerprint density at radius 1 is 0.345 bits per heavy atom. The molecule has 0 radical (unpaired) electrons. The minimum Gasteiger partial charge on any atom is -0.292 e. The Kier molecular flexibility index (Phi) is 7.14. The zero-order valence-corrected chi connectivity index (χ0v) is 31.5. The van der Waals surface area contributed by atoms with Crippen molar-refractivity contribution in [2.75, 3.05) is 0 Å². The average molecular weight is 738 g/mol. The van der Waals surface area contributed by atoms with Gasteiger partial charge in [0.25, 0.3) is 0 Å². The fourth-order valence-corrected chi connectivity index (χ4v) is 9.77. The van der Waals surface area contributed by atoms with Gasteiger partial charge in [0.15, 0.2) is 0 Å². The molecule has 270 valence electrons. The van der Waals surface area contributed by atoms with Crippen LogP contribution in [0.5, 0.6) is 0 Å². The molecule has 0 saturated heterocycles. The highest BCUT2D eigenvalue weighted by molar-refractivity contribution is 5.96. The Hall–Kier alpha value is -7.62. The molecule has 0 unspecified atom stereocenters. The van der Waals surface area contributed by atoms with Crippen molar-refractivity contribution in [3.8, 4) is 73.0 Å². The van der Waals surface area contributed by atoms with Crippen molar-refractivity contribution in [3.05, 3.63) is 235 Å². The molecule has 2 heterocycles. The first-order valence-corrected chi connectivity index (χ1v) is 19.9. The topological polar surface area (TPSA) is 30.7 Å². The number of hydrogen-bond donors (Lipinski definition) is 0. The molecule has 0 amide bonds. The lowest BCUT2D eigenvalue weighted by molar-refractivity contribution is 0.794. The van der Waals surface area contributed by atoms with Crippen LogP contribution in [0, 0.1) is 0 Å². The number of pyridine rings is 1. The predicted molar refractivity (Wildman–Crippen MR) is 237 cm³/mol. The van der Waals surface area contributed by atoms with E-state index in [2.05, 4.69) is 205 Å². The molecule has 1 spiro atoms. The predicted octanol–water partition coefficient (Wildman–Crippen LogP) is 13.4. The van der Waals surface area contributed by atoms with Gasteiger partial charge in [-0.2, -0.15) is 0 Å². The summed E-state index contributed by atoms with van der Waals surface area (Å²) in [5.41, 5.74) is 20.6. The van der Waals surface area contributed by atoms with E-state index in [1.165, 1.54) is 55.6 Å². The van der Waals surface area contributed by atoms with Gasteiger partial charge in [-0.25, -0.2) is 9.97 Å². The van der Waals surface area contributed by atoms with Crippen molar-refractivity contribution >= 4 is 11.0 Å². The van der Waals surface area contributed by atoms with Crippen LogP contribution in [0.1, 0.15) is 22.3 Å². The summed E-state index contributed by atoms with van der Waals surface area (Å²) < 4.78 is 2.28. The molecule has 3 nitrogen and oxygen atoms in total. The van der Waals surface area contributed by atoms with Crippen molar-refractivity contribution < 1.29 is 0 Å². The first-order valence-electron chi connectivity index (χ1n) is 19.9. The lowest BCUT2D eigenvalue weighted by atomic mass is 9.70. The molecule has 10 aromatic rings. The van der Waals surface area contributed by atoms with E-state index < -0.39 is 0 Å². The van der Waals surface area contributed by atoms with Crippen LogP contribution in [0.3, 0.4) is 0 Å². The van der Waals surface area contributed by atoms with Gasteiger partial charge in [0.2, 0.25) is 0 Å². The first kappa shape index (κ1) is 32.6. The van der Waals surface area contributed by atoms with Crippen LogP contribution in [0.2, 0.25) is 0 Å². The van der Waals surface area contributed by atoms with E-state index in [1.807, 2.05) is 12.1 Å². The first-order chi connectivity index (χ1) is 28.8. The van der Waals surface area contributed by atoms with E-state index in [4.69, 9.17) is 9.97 Å². The smallest absolute Gasteiger partial charge is 0.147 e. The molecule has 58 heavy (non-hydrogen) atoms. The van der Waals surface area contributed by atoms with Gasteiger partial charge in [-0.3, -0.25) is 4.57 Å². The second-order valence-corrected chi connectivity index (χ2v) is 15.3. The zero-order chi connectivity index (χ0) is 38.2. The molecule has 2 aromatic heterocycles. The van der Waals surface area contributed by atoms with Gasteiger partial charge in [-0.1, -0.05) is 170 Å². The van der Waals surface area contributed by atoms with Gasteiger partial charge in [0, 0.05) is 22.4 Å². The SMILES string of the molecule is c1ccc(-c2ccc(-c3nc4ccccc4n3-c3ccc(-c4ccc5c(c4)C4(c6ccccc6-c6ccccc64)c4ccccc4-5)cc3)c(-c3ccccc3)n2)cc1. The normalized spacial score (nSPS) is 13.0. The summed E-state index contributed by atoms with van der Waals surface area (Å²) in [7, 11) is 0. The number of rotatable bonds is 5. The van der Waals surface area contributed by atoms with E-state index in [0.717, 1.165) is 50.6 Å². The monoisotopic (exact) mass is 737 g/mol. The molecule has 2 aliphatic carbocycles. The Labute approximate surface area is 337 Å². The van der Waals surface area contributed by atoms with Crippen LogP contribution in [-0.4, -0.2) is 14.5 Å². The maximum Gasteiger partial charge on any atom is 0.147 e. The van der Waals surface area contributed by atoms with Crippen LogP contribution in [-0.2, 0) is 5.41 Å². The molecule has 0 N–H and O–H groups in total. The third-order valence-corrected chi connectivity index (χ3v) is 12.3. The molecule has 0 bridgehead atoms. The number of hydrogen-bond acceptors (Lipinski definition) is 2. The second kappa shape index (κ2) is 12.7. The Bertz CT molecular complexity index is 3150. The maximum absolute atomic E-state index is 5.30. The molecule has 0 fully saturated rings. The maximum atomic E-state index is 5.30. The molecule has 3 heteroatoms. The van der Waals surface area contributed by atoms with Crippen LogP contribution in [0.15, 0.2) is 212 Å². The lowest BCUT2D eigenvalue weighted by Crippen LogP contribution is -2.25. The number of para-hydroxylation sites is 2. The highest BCUT2D eigenvalue weighted by atomic mass is 15.1. The van der Waals surface area contributed by atoms with Gasteiger partial charge in [-0.15, -0.1) is 0 Å². The zero-order valence-electron chi connectivity index (χ0n) is 31.5. The second-order valence-electron chi connectivity index (χ2n) is 15.3. The average Bonchev–Trinajstić information content (AvgIpc) is 3.94. The molecule has 2 aliphatic rings. The van der Waals surface area contributed by atoms with E-state index in [9.17, 15) is 0 Å². The summed E-state index contributed by atoms with van der Waals surface area (Å²) in [5.74, 6) is 0.857. The Morgan fingerprint density at radius 3 is 1.52 bits per heavy atom. The molecule has 0 aliphatic heterocycles. The van der Waals surface area contributed by atoms with Gasteiger partial charge in [-0.05, 0) is 98.1 Å². The summed E-state index contributed by atoms with van der Waals surface area (Å²) in [6.07, 6.45) is 0. The van der Waals surface area contributed by atoms with Crippen molar-refractivity contribution in [2.45, 2.75) is 5.41 Å². The number of nitrogens with zero attached hydrogens (tertiary/aromatic N) is 3. The third kappa shape index (κ3) is 4.68. The van der Waals surface area contributed by atoms with Crippen molar-refractivity contribution in [3.63, 3.8) is 0 Å². The summed E-state index contributed by atoms with van der Waals surface area (Å²) >= 11 is 0. The Balaban J connectivity index is 1.01. The van der Waals surface area contributed by atoms with Gasteiger partial charge in [0.1, 0.15) is 5.82 Å². The number of imidazole rings is 1. The highest BCUT2D eigenvalue weighted by Gasteiger charge is 2.51. The molecular weight excluding hydrogens is 703 g/mol. The molecule has 8 aromatic carbocycles. The summed E-state index contributed by atoms with van der Waals surface area (Å²) in [4.78, 5) is 10.6. The van der Waals surface area contributed by atoms with Crippen LogP contribution >= 0.6 is 0 Å². The van der Waals surface area contributed by atoms with Crippen molar-refractivity contribution in [2.24, 2.45) is 0 Å². The molecule has 0 saturated carbocycles. The van der Waals surface area contributed by atoms with Gasteiger partial charge in [0.05, 0.1) is 27.8 Å². The van der Waals surface area contributed by atoms with Crippen LogP contribution in [0.25, 0.3) is 84.0 Å². The summed E-state index contributed by atoms with van der Waals surface area (Å²) in [6.45, 7) is 0. The molecule has 12 rings (SSSR count). The molecular formula is C55H35N3. The quantitative estimate of drug-likeness (QED) is 0.176.